The van der Waals surface area contributed by atoms with Crippen molar-refractivity contribution in [2.75, 3.05) is 46.3 Å². The number of amides is 1. The number of para-hydroxylation sites is 1. The van der Waals surface area contributed by atoms with Gasteiger partial charge in [0.2, 0.25) is 0 Å². The molecule has 0 aliphatic carbocycles. The van der Waals surface area contributed by atoms with Crippen LogP contribution in [-0.2, 0) is 0 Å². The van der Waals surface area contributed by atoms with Crippen LogP contribution in [0.4, 0.5) is 0 Å². The molecule has 2 aromatic rings. The fourth-order valence-electron chi connectivity index (χ4n) is 2.80. The molecule has 5 heteroatoms. The van der Waals surface area contributed by atoms with E-state index >= 15 is 0 Å². The van der Waals surface area contributed by atoms with Gasteiger partial charge in [0, 0.05) is 50.2 Å². The van der Waals surface area contributed by atoms with Crippen LogP contribution in [0.3, 0.4) is 0 Å². The van der Waals surface area contributed by atoms with Crippen LogP contribution >= 0.6 is 0 Å². The van der Waals surface area contributed by atoms with Gasteiger partial charge in [0.1, 0.15) is 5.69 Å². The van der Waals surface area contributed by atoms with Crippen molar-refractivity contribution in [1.29, 1.82) is 0 Å². The largest absolute Gasteiger partial charge is 0.351 e. The lowest BCUT2D eigenvalue weighted by Gasteiger charge is -2.34. The lowest BCUT2D eigenvalue weighted by atomic mass is 10.2. The van der Waals surface area contributed by atoms with Crippen LogP contribution in [0.25, 0.3) is 10.9 Å². The van der Waals surface area contributed by atoms with E-state index in [1.807, 2.05) is 42.3 Å². The molecule has 0 spiro atoms. The summed E-state index contributed by atoms with van der Waals surface area (Å²) in [6.07, 6.45) is 0. The third-order valence-corrected chi connectivity index (χ3v) is 4.10. The number of carbonyl (C=O) groups excluding carboxylic acids is 1. The van der Waals surface area contributed by atoms with Crippen molar-refractivity contribution < 1.29 is 4.79 Å². The predicted octanol–water partition coefficient (Wildman–Crippen LogP) is 1.15. The number of rotatable bonds is 4. The topological polar surface area (TPSA) is 51.4 Å². The standard InChI is InChI=1S/C16H22N4O/c1-17-6-7-19-8-10-20(11-9-19)16(21)15-12-13-4-2-3-5-14(13)18-15/h2-5,12,17-18H,6-11H2,1H3. The molecule has 1 aromatic carbocycles. The van der Waals surface area contributed by atoms with Gasteiger partial charge in [-0.25, -0.2) is 0 Å². The molecule has 112 valence electrons. The van der Waals surface area contributed by atoms with E-state index < -0.39 is 0 Å². The lowest BCUT2D eigenvalue weighted by molar-refractivity contribution is 0.0634. The Labute approximate surface area is 124 Å². The number of nitrogens with zero attached hydrogens (tertiary/aromatic N) is 2. The van der Waals surface area contributed by atoms with Crippen molar-refractivity contribution in [2.45, 2.75) is 0 Å². The zero-order chi connectivity index (χ0) is 14.7. The molecule has 1 fully saturated rings. The molecule has 1 aliphatic heterocycles. The SMILES string of the molecule is CNCCN1CCN(C(=O)c2cc3ccccc3[nH]2)CC1. The Morgan fingerprint density at radius 1 is 1.24 bits per heavy atom. The molecular weight excluding hydrogens is 264 g/mol. The van der Waals surface area contributed by atoms with Crippen molar-refractivity contribution in [3.63, 3.8) is 0 Å². The average molecular weight is 286 g/mol. The Balaban J connectivity index is 1.63. The fraction of sp³-hybridized carbons (Fsp3) is 0.438. The fourth-order valence-corrected chi connectivity index (χ4v) is 2.80. The molecule has 0 atom stereocenters. The monoisotopic (exact) mass is 286 g/mol. The molecule has 2 N–H and O–H groups in total. The highest BCUT2D eigenvalue weighted by molar-refractivity contribution is 5.98. The Bertz CT molecular complexity index is 581. The molecular formula is C16H22N4O. The van der Waals surface area contributed by atoms with E-state index in [1.54, 1.807) is 0 Å². The molecule has 0 bridgehead atoms. The number of hydrogen-bond donors (Lipinski definition) is 2. The maximum atomic E-state index is 12.6. The van der Waals surface area contributed by atoms with Gasteiger partial charge in [-0.2, -0.15) is 0 Å². The van der Waals surface area contributed by atoms with Crippen LogP contribution in [0.5, 0.6) is 0 Å². The summed E-state index contributed by atoms with van der Waals surface area (Å²) < 4.78 is 0. The second kappa shape index (κ2) is 6.28. The zero-order valence-electron chi connectivity index (χ0n) is 12.4. The third kappa shape index (κ3) is 3.09. The molecule has 1 amide bonds. The minimum atomic E-state index is 0.111. The number of H-pyrrole nitrogens is 1. The number of benzene rings is 1. The number of fused-ring (bicyclic) bond motifs is 1. The van der Waals surface area contributed by atoms with Crippen LogP contribution in [0.1, 0.15) is 10.5 Å². The van der Waals surface area contributed by atoms with Crippen molar-refractivity contribution in [2.24, 2.45) is 0 Å². The van der Waals surface area contributed by atoms with Gasteiger partial charge in [0.05, 0.1) is 0 Å². The Kier molecular flexibility index (Phi) is 4.22. The number of carbonyl (C=O) groups is 1. The van der Waals surface area contributed by atoms with Crippen molar-refractivity contribution in [1.82, 2.24) is 20.1 Å². The Morgan fingerprint density at radius 2 is 2.00 bits per heavy atom. The van der Waals surface area contributed by atoms with E-state index in [2.05, 4.69) is 15.2 Å². The van der Waals surface area contributed by atoms with Gasteiger partial charge in [-0.1, -0.05) is 18.2 Å². The Hall–Kier alpha value is -1.85. The van der Waals surface area contributed by atoms with Crippen LogP contribution < -0.4 is 5.32 Å². The smallest absolute Gasteiger partial charge is 0.270 e. The average Bonchev–Trinajstić information content (AvgIpc) is 2.96. The molecule has 5 nitrogen and oxygen atoms in total. The molecule has 1 aromatic heterocycles. The summed E-state index contributed by atoms with van der Waals surface area (Å²) >= 11 is 0. The molecule has 3 rings (SSSR count). The molecule has 0 unspecified atom stereocenters. The first-order valence-corrected chi connectivity index (χ1v) is 7.52. The summed E-state index contributed by atoms with van der Waals surface area (Å²) in [5, 5.41) is 4.25. The molecule has 21 heavy (non-hydrogen) atoms. The van der Waals surface area contributed by atoms with Gasteiger partial charge in [0.25, 0.3) is 5.91 Å². The number of aromatic amines is 1. The van der Waals surface area contributed by atoms with E-state index in [0.717, 1.165) is 50.2 Å². The molecule has 0 saturated carbocycles. The quantitative estimate of drug-likeness (QED) is 0.886. The zero-order valence-corrected chi connectivity index (χ0v) is 12.4. The summed E-state index contributed by atoms with van der Waals surface area (Å²) in [6, 6.07) is 9.95. The predicted molar refractivity (Wildman–Crippen MR) is 84.6 cm³/mol. The maximum absolute atomic E-state index is 12.6. The van der Waals surface area contributed by atoms with Crippen molar-refractivity contribution in [3.8, 4) is 0 Å². The van der Waals surface area contributed by atoms with E-state index in [4.69, 9.17) is 0 Å². The Morgan fingerprint density at radius 3 is 2.71 bits per heavy atom. The minimum Gasteiger partial charge on any atom is -0.351 e. The number of hydrogen-bond acceptors (Lipinski definition) is 3. The first-order chi connectivity index (χ1) is 10.3. The second-order valence-electron chi connectivity index (χ2n) is 5.51. The maximum Gasteiger partial charge on any atom is 0.270 e. The highest BCUT2D eigenvalue weighted by Crippen LogP contribution is 2.16. The summed E-state index contributed by atoms with van der Waals surface area (Å²) in [5.74, 6) is 0.111. The van der Waals surface area contributed by atoms with Crippen molar-refractivity contribution in [3.05, 3.63) is 36.0 Å². The summed E-state index contributed by atoms with van der Waals surface area (Å²) in [6.45, 7) is 5.55. The van der Waals surface area contributed by atoms with Crippen LogP contribution in [-0.4, -0.2) is 67.0 Å². The highest BCUT2D eigenvalue weighted by atomic mass is 16.2. The molecule has 1 saturated heterocycles. The molecule has 1 aliphatic rings. The number of likely N-dealkylation sites (N-methyl/N-ethyl adjacent to an activating group) is 1. The van der Waals surface area contributed by atoms with Gasteiger partial charge in [-0.05, 0) is 19.2 Å². The van der Waals surface area contributed by atoms with Gasteiger partial charge in [-0.3, -0.25) is 9.69 Å². The van der Waals surface area contributed by atoms with Gasteiger partial charge in [0.15, 0.2) is 0 Å². The number of aromatic nitrogens is 1. The number of nitrogens with one attached hydrogen (secondary N) is 2. The van der Waals surface area contributed by atoms with Gasteiger partial charge < -0.3 is 15.2 Å². The van der Waals surface area contributed by atoms with Crippen LogP contribution in [0, 0.1) is 0 Å². The van der Waals surface area contributed by atoms with E-state index in [9.17, 15) is 4.79 Å². The molecule has 2 heterocycles. The summed E-state index contributed by atoms with van der Waals surface area (Å²) in [5.41, 5.74) is 1.72. The number of piperazine rings is 1. The summed E-state index contributed by atoms with van der Waals surface area (Å²) in [7, 11) is 1.97. The third-order valence-electron chi connectivity index (χ3n) is 4.10. The first kappa shape index (κ1) is 14.1. The first-order valence-electron chi connectivity index (χ1n) is 7.52. The highest BCUT2D eigenvalue weighted by Gasteiger charge is 2.22. The van der Waals surface area contributed by atoms with E-state index in [0.29, 0.717) is 5.69 Å². The van der Waals surface area contributed by atoms with Crippen LogP contribution in [0.2, 0.25) is 0 Å². The normalized spacial score (nSPS) is 16.5. The molecule has 0 radical (unpaired) electrons. The second-order valence-corrected chi connectivity index (χ2v) is 5.51. The van der Waals surface area contributed by atoms with Gasteiger partial charge in [-0.15, -0.1) is 0 Å². The van der Waals surface area contributed by atoms with E-state index in [-0.39, 0.29) is 5.91 Å². The van der Waals surface area contributed by atoms with Gasteiger partial charge >= 0.3 is 0 Å². The summed E-state index contributed by atoms with van der Waals surface area (Å²) in [4.78, 5) is 20.1. The van der Waals surface area contributed by atoms with E-state index in [1.165, 1.54) is 0 Å². The minimum absolute atomic E-state index is 0.111. The lowest BCUT2D eigenvalue weighted by Crippen LogP contribution is -2.49. The van der Waals surface area contributed by atoms with Crippen LogP contribution in [0.15, 0.2) is 30.3 Å². The van der Waals surface area contributed by atoms with Crippen molar-refractivity contribution >= 4 is 16.8 Å².